The highest BCUT2D eigenvalue weighted by Crippen LogP contribution is 1.72. The molecule has 0 aliphatic carbocycles. The summed E-state index contributed by atoms with van der Waals surface area (Å²) in [4.78, 5) is 10.7. The van der Waals surface area contributed by atoms with Gasteiger partial charge in [0, 0.05) is 24.8 Å². The molecule has 1 aromatic rings. The average Bonchev–Trinajstić information content (AvgIpc) is 2.18. The molecule has 0 saturated carbocycles. The Balaban J connectivity index is 3.02. The second-order valence-electron chi connectivity index (χ2n) is 2.17. The van der Waals surface area contributed by atoms with Gasteiger partial charge in [0.25, 0.3) is 0 Å². The van der Waals surface area contributed by atoms with Crippen LogP contribution in [-0.4, -0.2) is 15.0 Å². The Kier molecular flexibility index (Phi) is 4.80. The molecule has 0 unspecified atom stereocenters. The molecule has 1 heterocycles. The number of nitrogens with zero attached hydrogens (tertiary/aromatic N) is 2. The van der Waals surface area contributed by atoms with Gasteiger partial charge >= 0.3 is 0 Å². The van der Waals surface area contributed by atoms with E-state index in [-0.39, 0.29) is 0 Å². The Hall–Kier alpha value is -1.90. The molecule has 1 rings (SSSR count). The fraction of sp³-hybridized carbons (Fsp3) is 0. The average molecular weight is 173 g/mol. The molecule has 0 aromatic carbocycles. The van der Waals surface area contributed by atoms with Crippen molar-refractivity contribution >= 4 is 0 Å². The standard InChI is InChI=1S/C10H11N3/c1-2-4-7-12-10-13-9-5-8-11-6-3-1/h1-11H. The predicted molar refractivity (Wildman–Crippen MR) is 51.6 cm³/mol. The lowest BCUT2D eigenvalue weighted by Gasteiger charge is -1.68. The van der Waals surface area contributed by atoms with E-state index < -0.39 is 0 Å². The van der Waals surface area contributed by atoms with Gasteiger partial charge < -0.3 is 4.98 Å². The van der Waals surface area contributed by atoms with Crippen LogP contribution in [0, 0.1) is 0 Å². The van der Waals surface area contributed by atoms with Gasteiger partial charge in [-0.25, -0.2) is 9.97 Å². The summed E-state index contributed by atoms with van der Waals surface area (Å²) in [6.45, 7) is 0. The molecule has 0 aliphatic heterocycles. The fourth-order valence-electron chi connectivity index (χ4n) is 0.658. The first-order chi connectivity index (χ1) is 6.50. The van der Waals surface area contributed by atoms with Crippen LogP contribution >= 0.6 is 0 Å². The molecule has 0 radical (unpaired) electrons. The minimum Gasteiger partial charge on any atom is -0.368 e. The van der Waals surface area contributed by atoms with E-state index in [1.54, 1.807) is 24.7 Å². The second-order valence-corrected chi connectivity index (χ2v) is 2.17. The van der Waals surface area contributed by atoms with Crippen molar-refractivity contribution < 1.29 is 0 Å². The van der Waals surface area contributed by atoms with Crippen LogP contribution < -0.4 is 0 Å². The monoisotopic (exact) mass is 173 g/mol. The molecule has 0 fully saturated rings. The van der Waals surface area contributed by atoms with Gasteiger partial charge in [0.2, 0.25) is 0 Å². The normalized spacial score (nSPS) is 8.00. The van der Waals surface area contributed by atoms with Crippen molar-refractivity contribution in [2.45, 2.75) is 0 Å². The Labute approximate surface area is 77.2 Å². The second kappa shape index (κ2) is 6.79. The number of hydrogen-bond acceptors (Lipinski definition) is 2. The summed E-state index contributed by atoms with van der Waals surface area (Å²) < 4.78 is 0. The third-order valence-electron chi connectivity index (χ3n) is 1.20. The van der Waals surface area contributed by atoms with Crippen molar-refractivity contribution in [3.05, 3.63) is 61.4 Å². The first-order valence-electron chi connectivity index (χ1n) is 3.94. The van der Waals surface area contributed by atoms with E-state index in [9.17, 15) is 0 Å². The van der Waals surface area contributed by atoms with Gasteiger partial charge in [-0.1, -0.05) is 12.1 Å². The molecule has 0 spiro atoms. The van der Waals surface area contributed by atoms with Crippen LogP contribution in [0.4, 0.5) is 0 Å². The fourth-order valence-corrected chi connectivity index (χ4v) is 0.658. The minimum atomic E-state index is 1.49. The highest BCUT2D eigenvalue weighted by molar-refractivity contribution is 4.88. The van der Waals surface area contributed by atoms with E-state index in [4.69, 9.17) is 0 Å². The largest absolute Gasteiger partial charge is 0.368 e. The summed E-state index contributed by atoms with van der Waals surface area (Å²) in [5.74, 6) is 0. The Morgan fingerprint density at radius 2 is 1.38 bits per heavy atom. The molecule has 0 atom stereocenters. The summed E-state index contributed by atoms with van der Waals surface area (Å²) in [5, 5.41) is 0. The van der Waals surface area contributed by atoms with Gasteiger partial charge in [-0.15, -0.1) is 0 Å². The lowest BCUT2D eigenvalue weighted by molar-refractivity contribution is 1.20. The number of H-pyrrole nitrogens is 1. The van der Waals surface area contributed by atoms with E-state index in [0.29, 0.717) is 0 Å². The number of hydrogen-bond donors (Lipinski definition) is 1. The molecule has 0 aliphatic rings. The van der Waals surface area contributed by atoms with Gasteiger partial charge in [0.1, 0.15) is 6.33 Å². The van der Waals surface area contributed by atoms with Crippen molar-refractivity contribution in [3.8, 4) is 0 Å². The first kappa shape index (κ1) is 9.19. The van der Waals surface area contributed by atoms with Gasteiger partial charge in [-0.3, -0.25) is 0 Å². The van der Waals surface area contributed by atoms with Crippen molar-refractivity contribution in [3.63, 3.8) is 0 Å². The van der Waals surface area contributed by atoms with Crippen molar-refractivity contribution in [1.29, 1.82) is 0 Å². The molecule has 1 aromatic heterocycles. The lowest BCUT2D eigenvalue weighted by atomic mass is 10.5. The van der Waals surface area contributed by atoms with Crippen LogP contribution in [0.15, 0.2) is 61.4 Å². The van der Waals surface area contributed by atoms with Crippen LogP contribution in [0.25, 0.3) is 0 Å². The molecule has 3 heteroatoms. The van der Waals surface area contributed by atoms with Crippen molar-refractivity contribution in [2.24, 2.45) is 0 Å². The molecule has 3 nitrogen and oxygen atoms in total. The van der Waals surface area contributed by atoms with Crippen LogP contribution in [0.5, 0.6) is 0 Å². The summed E-state index contributed by atoms with van der Waals surface area (Å²) in [6, 6.07) is 9.32. The highest BCUT2D eigenvalue weighted by atomic mass is 14.8. The van der Waals surface area contributed by atoms with Crippen LogP contribution in [-0.2, 0) is 0 Å². The van der Waals surface area contributed by atoms with Crippen LogP contribution in [0.3, 0.4) is 0 Å². The topological polar surface area (TPSA) is 41.6 Å². The van der Waals surface area contributed by atoms with Gasteiger partial charge in [0.05, 0.1) is 0 Å². The smallest absolute Gasteiger partial charge is 0.115 e. The number of rotatable bonds is 0. The van der Waals surface area contributed by atoms with Gasteiger partial charge in [-0.2, -0.15) is 0 Å². The van der Waals surface area contributed by atoms with Crippen molar-refractivity contribution in [2.75, 3.05) is 0 Å². The first-order valence-corrected chi connectivity index (χ1v) is 3.94. The van der Waals surface area contributed by atoms with Crippen LogP contribution in [0.2, 0.25) is 0 Å². The third-order valence-corrected chi connectivity index (χ3v) is 1.20. The molecule has 0 bridgehead atoms. The Morgan fingerprint density at radius 1 is 0.692 bits per heavy atom. The van der Waals surface area contributed by atoms with E-state index in [1.165, 1.54) is 6.33 Å². The summed E-state index contributed by atoms with van der Waals surface area (Å²) in [6.07, 6.45) is 8.43. The molecule has 0 amide bonds. The van der Waals surface area contributed by atoms with E-state index in [2.05, 4.69) is 15.0 Å². The Bertz CT molecular complexity index is 204. The lowest BCUT2D eigenvalue weighted by Crippen LogP contribution is -1.62. The Morgan fingerprint density at radius 3 is 2.31 bits per heavy atom. The maximum atomic E-state index is 3.90. The molecule has 0 saturated heterocycles. The zero-order valence-electron chi connectivity index (χ0n) is 7.17. The number of aromatic amines is 1. The maximum absolute atomic E-state index is 3.90. The number of nitrogens with one attached hydrogen (secondary N) is 1. The zero-order valence-corrected chi connectivity index (χ0v) is 7.17. The number of aromatic nitrogens is 3. The van der Waals surface area contributed by atoms with Gasteiger partial charge in [-0.05, 0) is 18.2 Å². The van der Waals surface area contributed by atoms with E-state index in [1.807, 2.05) is 30.5 Å². The molecule has 1 N–H and O–H groups in total. The van der Waals surface area contributed by atoms with E-state index >= 15 is 0 Å². The minimum absolute atomic E-state index is 1.49. The third kappa shape index (κ3) is 5.38. The predicted octanol–water partition coefficient (Wildman–Crippen LogP) is 2.05. The summed E-state index contributed by atoms with van der Waals surface area (Å²) in [5.41, 5.74) is 0. The molecule has 66 valence electrons. The molecular weight excluding hydrogens is 162 g/mol. The summed E-state index contributed by atoms with van der Waals surface area (Å²) in [7, 11) is 0. The zero-order chi connectivity index (χ0) is 9.19. The van der Waals surface area contributed by atoms with Crippen molar-refractivity contribution in [1.82, 2.24) is 15.0 Å². The van der Waals surface area contributed by atoms with Gasteiger partial charge in [0.15, 0.2) is 0 Å². The maximum Gasteiger partial charge on any atom is 0.115 e. The molecule has 13 heavy (non-hydrogen) atoms. The molecular formula is C10H11N3. The SMILES string of the molecule is c1ccc[nH]cccncncc1. The van der Waals surface area contributed by atoms with E-state index in [0.717, 1.165) is 0 Å². The summed E-state index contributed by atoms with van der Waals surface area (Å²) >= 11 is 0. The van der Waals surface area contributed by atoms with Crippen LogP contribution in [0.1, 0.15) is 0 Å². The quantitative estimate of drug-likeness (QED) is 0.652. The highest BCUT2D eigenvalue weighted by Gasteiger charge is 1.58.